The van der Waals surface area contributed by atoms with Gasteiger partial charge in [-0.1, -0.05) is 12.2 Å². The maximum Gasteiger partial charge on any atom is -0.0255 e. The van der Waals surface area contributed by atoms with Crippen molar-refractivity contribution in [3.05, 3.63) is 12.2 Å². The van der Waals surface area contributed by atoms with Gasteiger partial charge in [0.2, 0.25) is 0 Å². The molecule has 4 saturated carbocycles. The summed E-state index contributed by atoms with van der Waals surface area (Å²) in [6, 6.07) is 0. The first-order chi connectivity index (χ1) is 6.80. The molecule has 4 aliphatic rings. The highest BCUT2D eigenvalue weighted by Gasteiger charge is 2.49. The van der Waals surface area contributed by atoms with Gasteiger partial charge in [-0.15, -0.1) is 0 Å². The van der Waals surface area contributed by atoms with Crippen LogP contribution in [0.3, 0.4) is 0 Å². The molecule has 0 atom stereocenters. The molecule has 0 saturated heterocycles. The van der Waals surface area contributed by atoms with Gasteiger partial charge in [-0.2, -0.15) is 0 Å². The van der Waals surface area contributed by atoms with E-state index in [9.17, 15) is 0 Å². The fourth-order valence-corrected chi connectivity index (χ4v) is 4.91. The minimum Gasteiger partial charge on any atom is -0.0916 e. The SMILES string of the molecule is CC=CCC12CC3CC(CC(C3)C1)C2. The van der Waals surface area contributed by atoms with Gasteiger partial charge in [0.25, 0.3) is 0 Å². The van der Waals surface area contributed by atoms with E-state index in [4.69, 9.17) is 0 Å². The first-order valence-corrected chi connectivity index (χ1v) is 6.41. The van der Waals surface area contributed by atoms with Crippen LogP contribution in [0.1, 0.15) is 51.9 Å². The minimum atomic E-state index is 0.765. The van der Waals surface area contributed by atoms with E-state index in [1.165, 1.54) is 6.42 Å². The highest BCUT2D eigenvalue weighted by molar-refractivity contribution is 5.04. The molecule has 0 amide bonds. The molecule has 78 valence electrons. The highest BCUT2D eigenvalue weighted by Crippen LogP contribution is 2.61. The van der Waals surface area contributed by atoms with E-state index in [-0.39, 0.29) is 0 Å². The number of hydrogen-bond donors (Lipinski definition) is 0. The summed E-state index contributed by atoms with van der Waals surface area (Å²) in [5.41, 5.74) is 0.765. The molecule has 4 rings (SSSR count). The van der Waals surface area contributed by atoms with Crippen LogP contribution in [-0.4, -0.2) is 0 Å². The molecule has 0 unspecified atom stereocenters. The molecular formula is C14H22. The van der Waals surface area contributed by atoms with Crippen molar-refractivity contribution in [3.8, 4) is 0 Å². The van der Waals surface area contributed by atoms with Gasteiger partial charge in [0.05, 0.1) is 0 Å². The standard InChI is InChI=1S/C14H22/c1-2-3-4-14-8-11-5-12(9-14)7-13(6-11)10-14/h2-3,11-13H,4-10H2,1H3. The Morgan fingerprint density at radius 1 is 1.00 bits per heavy atom. The molecule has 4 fully saturated rings. The first kappa shape index (κ1) is 9.00. The maximum atomic E-state index is 2.42. The van der Waals surface area contributed by atoms with Crippen LogP contribution in [-0.2, 0) is 0 Å². The number of allylic oxidation sites excluding steroid dienone is 2. The Morgan fingerprint density at radius 2 is 1.50 bits per heavy atom. The summed E-state index contributed by atoms with van der Waals surface area (Å²) in [4.78, 5) is 0. The Hall–Kier alpha value is -0.260. The topological polar surface area (TPSA) is 0 Å². The Morgan fingerprint density at radius 3 is 1.93 bits per heavy atom. The van der Waals surface area contributed by atoms with Crippen molar-refractivity contribution in [1.82, 2.24) is 0 Å². The molecule has 0 spiro atoms. The van der Waals surface area contributed by atoms with Crippen LogP contribution in [0.15, 0.2) is 12.2 Å². The van der Waals surface area contributed by atoms with Crippen molar-refractivity contribution < 1.29 is 0 Å². The largest absolute Gasteiger partial charge is 0.0916 e. The monoisotopic (exact) mass is 190 g/mol. The van der Waals surface area contributed by atoms with Crippen LogP contribution >= 0.6 is 0 Å². The summed E-state index contributed by atoms with van der Waals surface area (Å²) in [7, 11) is 0. The summed E-state index contributed by atoms with van der Waals surface area (Å²) in [5.74, 6) is 3.35. The lowest BCUT2D eigenvalue weighted by atomic mass is 9.49. The fourth-order valence-electron chi connectivity index (χ4n) is 4.91. The Bertz CT molecular complexity index is 213. The average molecular weight is 190 g/mol. The summed E-state index contributed by atoms with van der Waals surface area (Å²) in [6.07, 6.45) is 15.5. The van der Waals surface area contributed by atoms with Gasteiger partial charge in [-0.05, 0) is 75.0 Å². The molecule has 0 aromatic rings. The summed E-state index contributed by atoms with van der Waals surface area (Å²) >= 11 is 0. The average Bonchev–Trinajstić information content (AvgIpc) is 2.12. The van der Waals surface area contributed by atoms with Gasteiger partial charge < -0.3 is 0 Å². The fraction of sp³-hybridized carbons (Fsp3) is 0.857. The van der Waals surface area contributed by atoms with Crippen LogP contribution in [0, 0.1) is 23.2 Å². The second-order valence-corrected chi connectivity index (χ2v) is 6.19. The lowest BCUT2D eigenvalue weighted by Crippen LogP contribution is -2.45. The third kappa shape index (κ3) is 1.34. The van der Waals surface area contributed by atoms with Gasteiger partial charge in [0.15, 0.2) is 0 Å². The van der Waals surface area contributed by atoms with Gasteiger partial charge in [-0.3, -0.25) is 0 Å². The second-order valence-electron chi connectivity index (χ2n) is 6.19. The van der Waals surface area contributed by atoms with Gasteiger partial charge in [0.1, 0.15) is 0 Å². The van der Waals surface area contributed by atoms with E-state index in [2.05, 4.69) is 19.1 Å². The van der Waals surface area contributed by atoms with E-state index in [0.717, 1.165) is 23.2 Å². The van der Waals surface area contributed by atoms with E-state index >= 15 is 0 Å². The molecule has 0 aliphatic heterocycles. The van der Waals surface area contributed by atoms with Crippen LogP contribution in [0.25, 0.3) is 0 Å². The molecule has 0 radical (unpaired) electrons. The first-order valence-electron chi connectivity index (χ1n) is 6.41. The molecule has 0 N–H and O–H groups in total. The van der Waals surface area contributed by atoms with Crippen molar-refractivity contribution >= 4 is 0 Å². The zero-order chi connectivity index (χ0) is 9.60. The van der Waals surface area contributed by atoms with E-state index in [0.29, 0.717) is 0 Å². The van der Waals surface area contributed by atoms with Crippen molar-refractivity contribution in [2.75, 3.05) is 0 Å². The Labute approximate surface area is 87.8 Å². The lowest BCUT2D eigenvalue weighted by molar-refractivity contribution is -0.0506. The number of hydrogen-bond acceptors (Lipinski definition) is 0. The van der Waals surface area contributed by atoms with Crippen molar-refractivity contribution in [2.24, 2.45) is 23.2 Å². The zero-order valence-electron chi connectivity index (χ0n) is 9.34. The highest BCUT2D eigenvalue weighted by atomic mass is 14.5. The van der Waals surface area contributed by atoms with E-state index in [1.54, 1.807) is 38.5 Å². The van der Waals surface area contributed by atoms with Gasteiger partial charge in [0, 0.05) is 0 Å². The predicted molar refractivity (Wildman–Crippen MR) is 60.0 cm³/mol. The minimum absolute atomic E-state index is 0.765. The molecule has 0 aromatic heterocycles. The second kappa shape index (κ2) is 3.12. The van der Waals surface area contributed by atoms with E-state index in [1.807, 2.05) is 0 Å². The summed E-state index contributed by atoms with van der Waals surface area (Å²) in [6.45, 7) is 2.17. The molecule has 0 heterocycles. The molecule has 0 nitrogen and oxygen atoms in total. The third-order valence-corrected chi connectivity index (χ3v) is 4.95. The summed E-state index contributed by atoms with van der Waals surface area (Å²) in [5, 5.41) is 0. The van der Waals surface area contributed by atoms with Crippen LogP contribution < -0.4 is 0 Å². The summed E-state index contributed by atoms with van der Waals surface area (Å²) < 4.78 is 0. The predicted octanol–water partition coefficient (Wildman–Crippen LogP) is 4.17. The zero-order valence-corrected chi connectivity index (χ0v) is 9.34. The molecular weight excluding hydrogens is 168 g/mol. The van der Waals surface area contributed by atoms with Crippen LogP contribution in [0.5, 0.6) is 0 Å². The lowest BCUT2D eigenvalue weighted by Gasteiger charge is -2.56. The molecule has 14 heavy (non-hydrogen) atoms. The Balaban J connectivity index is 1.80. The van der Waals surface area contributed by atoms with Gasteiger partial charge in [-0.25, -0.2) is 0 Å². The normalized spacial score (nSPS) is 50.5. The van der Waals surface area contributed by atoms with Crippen LogP contribution in [0.2, 0.25) is 0 Å². The Kier molecular flexibility index (Phi) is 2.00. The van der Waals surface area contributed by atoms with Crippen molar-refractivity contribution in [1.29, 1.82) is 0 Å². The number of rotatable bonds is 2. The van der Waals surface area contributed by atoms with E-state index < -0.39 is 0 Å². The maximum absolute atomic E-state index is 2.42. The van der Waals surface area contributed by atoms with Crippen molar-refractivity contribution in [3.63, 3.8) is 0 Å². The smallest absolute Gasteiger partial charge is 0.0255 e. The van der Waals surface area contributed by atoms with Crippen molar-refractivity contribution in [2.45, 2.75) is 51.9 Å². The third-order valence-electron chi connectivity index (χ3n) is 4.95. The quantitative estimate of drug-likeness (QED) is 0.573. The van der Waals surface area contributed by atoms with Crippen LogP contribution in [0.4, 0.5) is 0 Å². The molecule has 4 bridgehead atoms. The molecule has 4 aliphatic carbocycles. The molecule has 0 aromatic carbocycles. The molecule has 0 heteroatoms. The van der Waals surface area contributed by atoms with Gasteiger partial charge >= 0.3 is 0 Å².